The van der Waals surface area contributed by atoms with E-state index in [9.17, 15) is 9.90 Å². The summed E-state index contributed by atoms with van der Waals surface area (Å²) in [6, 6.07) is 18.1. The number of oxazole rings is 2. The third-order valence-electron chi connectivity index (χ3n) is 5.34. The van der Waals surface area contributed by atoms with Crippen molar-refractivity contribution in [3.8, 4) is 33.9 Å². The first kappa shape index (κ1) is 18.2. The number of hydrogen-bond donors (Lipinski definition) is 1. The Bertz CT molecular complexity index is 1150. The molecule has 0 bridgehead atoms. The van der Waals surface area contributed by atoms with Gasteiger partial charge >= 0.3 is 5.97 Å². The second kappa shape index (κ2) is 7.51. The number of carboxylic acids is 1. The zero-order valence-corrected chi connectivity index (χ0v) is 16.1. The van der Waals surface area contributed by atoms with Crippen LogP contribution in [0.15, 0.2) is 76.0 Å². The number of aromatic nitrogens is 2. The lowest BCUT2D eigenvalue weighted by atomic mass is 10.0. The second-order valence-corrected chi connectivity index (χ2v) is 7.25. The predicted octanol–water partition coefficient (Wildman–Crippen LogP) is 4.57. The number of benzene rings is 2. The van der Waals surface area contributed by atoms with Crippen molar-refractivity contribution in [1.82, 2.24) is 9.97 Å². The molecule has 1 fully saturated rings. The van der Waals surface area contributed by atoms with Gasteiger partial charge < -0.3 is 18.8 Å². The molecule has 0 aliphatic carbocycles. The topological polar surface area (TPSA) is 92.6 Å². The minimum Gasteiger partial charge on any atom is -0.481 e. The largest absolute Gasteiger partial charge is 0.481 e. The van der Waals surface area contributed by atoms with Gasteiger partial charge in [-0.15, -0.1) is 0 Å². The van der Waals surface area contributed by atoms with Crippen LogP contribution in [0.2, 0.25) is 0 Å². The standard InChI is InChI=1S/C23H19N3O4/c27-22(28)18-10-11-26(13-18)23-25-20(21(30-23)17-4-2-1-3-5-17)16-8-6-15(7-9-16)19-12-24-14-29-19/h1-9,12,14,18H,10-11,13H2,(H,27,28). The summed E-state index contributed by atoms with van der Waals surface area (Å²) in [5, 5.41) is 9.31. The molecule has 3 heterocycles. The van der Waals surface area contributed by atoms with E-state index in [1.807, 2.05) is 59.5 Å². The van der Waals surface area contributed by atoms with E-state index in [2.05, 4.69) is 4.98 Å². The Morgan fingerprint density at radius 1 is 1.03 bits per heavy atom. The summed E-state index contributed by atoms with van der Waals surface area (Å²) < 4.78 is 11.5. The molecule has 1 atom stereocenters. The summed E-state index contributed by atoms with van der Waals surface area (Å²) in [5.74, 6) is 0.177. The number of rotatable bonds is 5. The summed E-state index contributed by atoms with van der Waals surface area (Å²) in [6.45, 7) is 1.00. The second-order valence-electron chi connectivity index (χ2n) is 7.25. The van der Waals surface area contributed by atoms with E-state index in [1.165, 1.54) is 6.39 Å². The van der Waals surface area contributed by atoms with Crippen LogP contribution in [-0.4, -0.2) is 34.1 Å². The van der Waals surface area contributed by atoms with Crippen LogP contribution in [-0.2, 0) is 4.79 Å². The molecule has 1 aliphatic rings. The van der Waals surface area contributed by atoms with E-state index in [0.717, 1.165) is 22.4 Å². The van der Waals surface area contributed by atoms with Crippen LogP contribution < -0.4 is 4.90 Å². The van der Waals surface area contributed by atoms with Crippen LogP contribution in [0.4, 0.5) is 6.01 Å². The van der Waals surface area contributed by atoms with Crippen LogP contribution in [0.3, 0.4) is 0 Å². The van der Waals surface area contributed by atoms with Gasteiger partial charge in [-0.25, -0.2) is 4.98 Å². The maximum atomic E-state index is 11.3. The Labute approximate surface area is 172 Å². The zero-order valence-electron chi connectivity index (χ0n) is 16.1. The highest BCUT2D eigenvalue weighted by Crippen LogP contribution is 2.37. The predicted molar refractivity (Wildman–Crippen MR) is 111 cm³/mol. The summed E-state index contributed by atoms with van der Waals surface area (Å²) in [6.07, 6.45) is 3.66. The number of hydrogen-bond acceptors (Lipinski definition) is 6. The Balaban J connectivity index is 1.53. The number of carboxylic acid groups (broad SMARTS) is 1. The first-order valence-corrected chi connectivity index (χ1v) is 9.72. The molecule has 1 N–H and O–H groups in total. The number of nitrogens with zero attached hydrogens (tertiary/aromatic N) is 3. The molecule has 150 valence electrons. The van der Waals surface area contributed by atoms with Crippen LogP contribution in [0.5, 0.6) is 0 Å². The minimum absolute atomic E-state index is 0.397. The van der Waals surface area contributed by atoms with Gasteiger partial charge in [-0.1, -0.05) is 54.6 Å². The number of carbonyl (C=O) groups is 1. The van der Waals surface area contributed by atoms with Gasteiger partial charge in [0.05, 0.1) is 12.1 Å². The smallest absolute Gasteiger partial charge is 0.308 e. The Morgan fingerprint density at radius 2 is 1.80 bits per heavy atom. The third-order valence-corrected chi connectivity index (χ3v) is 5.34. The molecule has 0 saturated carbocycles. The normalized spacial score (nSPS) is 16.1. The summed E-state index contributed by atoms with van der Waals surface area (Å²) in [7, 11) is 0. The average Bonchev–Trinajstić information content (AvgIpc) is 3.55. The van der Waals surface area contributed by atoms with Crippen molar-refractivity contribution in [2.75, 3.05) is 18.0 Å². The fraction of sp³-hybridized carbons (Fsp3) is 0.174. The van der Waals surface area contributed by atoms with E-state index >= 15 is 0 Å². The van der Waals surface area contributed by atoms with Crippen LogP contribution in [0.25, 0.3) is 33.9 Å². The van der Waals surface area contributed by atoms with Crippen molar-refractivity contribution in [3.05, 3.63) is 67.2 Å². The van der Waals surface area contributed by atoms with Crippen molar-refractivity contribution in [2.45, 2.75) is 6.42 Å². The van der Waals surface area contributed by atoms with Gasteiger partial charge in [0.15, 0.2) is 17.9 Å². The van der Waals surface area contributed by atoms with Crippen molar-refractivity contribution in [2.24, 2.45) is 5.92 Å². The third kappa shape index (κ3) is 3.34. The maximum Gasteiger partial charge on any atom is 0.308 e. The molecule has 0 radical (unpaired) electrons. The molecular formula is C23H19N3O4. The van der Waals surface area contributed by atoms with Gasteiger partial charge in [-0.05, 0) is 6.42 Å². The Morgan fingerprint density at radius 3 is 2.47 bits per heavy atom. The highest BCUT2D eigenvalue weighted by molar-refractivity contribution is 5.79. The molecule has 4 aromatic rings. The van der Waals surface area contributed by atoms with E-state index in [-0.39, 0.29) is 0 Å². The van der Waals surface area contributed by atoms with Gasteiger partial charge in [0, 0.05) is 29.8 Å². The zero-order chi connectivity index (χ0) is 20.5. The maximum absolute atomic E-state index is 11.3. The van der Waals surface area contributed by atoms with Crippen molar-refractivity contribution >= 4 is 12.0 Å². The first-order chi connectivity index (χ1) is 14.7. The molecule has 2 aromatic heterocycles. The van der Waals surface area contributed by atoms with Gasteiger partial charge in [-0.3, -0.25) is 4.79 Å². The molecule has 2 aromatic carbocycles. The minimum atomic E-state index is -0.782. The van der Waals surface area contributed by atoms with E-state index in [4.69, 9.17) is 13.8 Å². The summed E-state index contributed by atoms with van der Waals surface area (Å²) in [4.78, 5) is 21.9. The molecule has 0 spiro atoms. The molecule has 1 saturated heterocycles. The molecule has 1 aliphatic heterocycles. The van der Waals surface area contributed by atoms with Crippen molar-refractivity contribution in [3.63, 3.8) is 0 Å². The highest BCUT2D eigenvalue weighted by atomic mass is 16.4. The Kier molecular flexibility index (Phi) is 4.55. The monoisotopic (exact) mass is 401 g/mol. The first-order valence-electron chi connectivity index (χ1n) is 9.72. The molecule has 7 nitrogen and oxygen atoms in total. The van der Waals surface area contributed by atoms with Crippen molar-refractivity contribution in [1.29, 1.82) is 0 Å². The molecular weight excluding hydrogens is 382 g/mol. The molecule has 1 unspecified atom stereocenters. The van der Waals surface area contributed by atoms with E-state index in [1.54, 1.807) is 6.20 Å². The SMILES string of the molecule is O=C(O)C1CCN(c2nc(-c3ccc(-c4cnco4)cc3)c(-c3ccccc3)o2)C1. The molecule has 0 amide bonds. The van der Waals surface area contributed by atoms with Crippen molar-refractivity contribution < 1.29 is 18.7 Å². The fourth-order valence-electron chi connectivity index (χ4n) is 3.71. The quantitative estimate of drug-likeness (QED) is 0.523. The summed E-state index contributed by atoms with van der Waals surface area (Å²) >= 11 is 0. The molecule has 7 heteroatoms. The highest BCUT2D eigenvalue weighted by Gasteiger charge is 2.31. The van der Waals surface area contributed by atoms with Gasteiger partial charge in [0.2, 0.25) is 0 Å². The number of aliphatic carboxylic acids is 1. The lowest BCUT2D eigenvalue weighted by Gasteiger charge is -2.11. The lowest BCUT2D eigenvalue weighted by molar-refractivity contribution is -0.140. The lowest BCUT2D eigenvalue weighted by Crippen LogP contribution is -2.22. The van der Waals surface area contributed by atoms with Gasteiger partial charge in [0.1, 0.15) is 5.69 Å². The van der Waals surface area contributed by atoms with Crippen LogP contribution >= 0.6 is 0 Å². The fourth-order valence-corrected chi connectivity index (χ4v) is 3.71. The summed E-state index contributed by atoms with van der Waals surface area (Å²) in [5.41, 5.74) is 3.46. The Hall–Kier alpha value is -3.87. The average molecular weight is 401 g/mol. The van der Waals surface area contributed by atoms with Gasteiger partial charge in [-0.2, -0.15) is 4.98 Å². The molecule has 5 rings (SSSR count). The number of anilines is 1. The van der Waals surface area contributed by atoms with Crippen LogP contribution in [0.1, 0.15) is 6.42 Å². The van der Waals surface area contributed by atoms with Gasteiger partial charge in [0.25, 0.3) is 6.01 Å². The molecule has 30 heavy (non-hydrogen) atoms. The van der Waals surface area contributed by atoms with E-state index in [0.29, 0.717) is 37.0 Å². The van der Waals surface area contributed by atoms with Crippen LogP contribution in [0, 0.1) is 5.92 Å². The van der Waals surface area contributed by atoms with E-state index < -0.39 is 11.9 Å².